The minimum atomic E-state index is -0.000370. The van der Waals surface area contributed by atoms with E-state index in [-0.39, 0.29) is 6.10 Å². The van der Waals surface area contributed by atoms with Crippen LogP contribution in [0.4, 0.5) is 0 Å². The molecule has 0 amide bonds. The SMILES string of the molecule is CC(C)COc1ncccc1OC(c1ccccc1)[C@H]1CCCNC1. The number of nitrogens with one attached hydrogen (secondary N) is 1. The molecular formula is C21H28N2O2. The quantitative estimate of drug-likeness (QED) is 0.819. The number of hydrogen-bond donors (Lipinski definition) is 1. The van der Waals surface area contributed by atoms with E-state index in [2.05, 4.69) is 48.4 Å². The van der Waals surface area contributed by atoms with Crippen LogP contribution in [0.3, 0.4) is 0 Å². The second-order valence-electron chi connectivity index (χ2n) is 7.07. The molecule has 0 saturated carbocycles. The van der Waals surface area contributed by atoms with E-state index in [1.54, 1.807) is 6.20 Å². The summed E-state index contributed by atoms with van der Waals surface area (Å²) in [5.41, 5.74) is 1.20. The van der Waals surface area contributed by atoms with Gasteiger partial charge >= 0.3 is 0 Å². The van der Waals surface area contributed by atoms with Gasteiger partial charge in [-0.1, -0.05) is 44.2 Å². The maximum atomic E-state index is 6.48. The first-order valence-electron chi connectivity index (χ1n) is 9.24. The number of aromatic nitrogens is 1. The fourth-order valence-corrected chi connectivity index (χ4v) is 3.17. The average Bonchev–Trinajstić information content (AvgIpc) is 2.66. The molecule has 0 bridgehead atoms. The van der Waals surface area contributed by atoms with Crippen molar-refractivity contribution in [2.45, 2.75) is 32.8 Å². The predicted octanol–water partition coefficient (Wildman–Crippen LogP) is 4.24. The van der Waals surface area contributed by atoms with Gasteiger partial charge in [0.2, 0.25) is 0 Å². The van der Waals surface area contributed by atoms with Gasteiger partial charge in [-0.05, 0) is 43.0 Å². The summed E-state index contributed by atoms with van der Waals surface area (Å²) >= 11 is 0. The summed E-state index contributed by atoms with van der Waals surface area (Å²) in [5.74, 6) is 2.19. The average molecular weight is 340 g/mol. The van der Waals surface area contributed by atoms with Crippen molar-refractivity contribution in [3.8, 4) is 11.6 Å². The molecule has 1 aromatic heterocycles. The molecule has 134 valence electrons. The summed E-state index contributed by atoms with van der Waals surface area (Å²) in [4.78, 5) is 4.38. The maximum absolute atomic E-state index is 6.48. The lowest BCUT2D eigenvalue weighted by molar-refractivity contribution is 0.108. The highest BCUT2D eigenvalue weighted by molar-refractivity contribution is 5.34. The highest BCUT2D eigenvalue weighted by atomic mass is 16.5. The van der Waals surface area contributed by atoms with Crippen molar-refractivity contribution in [2.24, 2.45) is 11.8 Å². The number of hydrogen-bond acceptors (Lipinski definition) is 4. The van der Waals surface area contributed by atoms with Gasteiger partial charge in [0.1, 0.15) is 6.10 Å². The molecule has 0 aliphatic carbocycles. The molecule has 3 rings (SSSR count). The van der Waals surface area contributed by atoms with Crippen molar-refractivity contribution in [1.82, 2.24) is 10.3 Å². The third-order valence-corrected chi connectivity index (χ3v) is 4.43. The lowest BCUT2D eigenvalue weighted by Crippen LogP contribution is -2.35. The molecule has 1 N–H and O–H groups in total. The minimum absolute atomic E-state index is 0.000370. The third-order valence-electron chi connectivity index (χ3n) is 4.43. The summed E-state index contributed by atoms with van der Waals surface area (Å²) < 4.78 is 12.3. The van der Waals surface area contributed by atoms with Crippen LogP contribution in [0.15, 0.2) is 48.7 Å². The first-order valence-corrected chi connectivity index (χ1v) is 9.24. The Balaban J connectivity index is 1.83. The monoisotopic (exact) mass is 340 g/mol. The molecule has 4 nitrogen and oxygen atoms in total. The Labute approximate surface area is 150 Å². The van der Waals surface area contributed by atoms with E-state index in [1.165, 1.54) is 12.0 Å². The predicted molar refractivity (Wildman–Crippen MR) is 100.0 cm³/mol. The lowest BCUT2D eigenvalue weighted by Gasteiger charge is -2.31. The van der Waals surface area contributed by atoms with E-state index in [9.17, 15) is 0 Å². The topological polar surface area (TPSA) is 43.4 Å². The van der Waals surface area contributed by atoms with Gasteiger partial charge in [-0.25, -0.2) is 4.98 Å². The Morgan fingerprint density at radius 1 is 1.16 bits per heavy atom. The second kappa shape index (κ2) is 8.86. The van der Waals surface area contributed by atoms with Crippen LogP contribution in [-0.2, 0) is 0 Å². The number of nitrogens with zero attached hydrogens (tertiary/aromatic N) is 1. The van der Waals surface area contributed by atoms with Gasteiger partial charge in [0.05, 0.1) is 6.61 Å². The van der Waals surface area contributed by atoms with Crippen LogP contribution in [0.25, 0.3) is 0 Å². The molecular weight excluding hydrogens is 312 g/mol. The fraction of sp³-hybridized carbons (Fsp3) is 0.476. The summed E-state index contributed by atoms with van der Waals surface area (Å²) in [6, 6.07) is 14.3. The first-order chi connectivity index (χ1) is 12.2. The van der Waals surface area contributed by atoms with E-state index in [0.717, 1.165) is 25.3 Å². The van der Waals surface area contributed by atoms with Crippen LogP contribution in [0.2, 0.25) is 0 Å². The normalized spacial score (nSPS) is 18.8. The maximum Gasteiger partial charge on any atom is 0.257 e. The van der Waals surface area contributed by atoms with E-state index in [1.807, 2.05) is 18.2 Å². The standard InChI is InChI=1S/C21H28N2O2/c1-16(2)15-24-21-19(11-7-13-23-21)25-20(17-8-4-3-5-9-17)18-10-6-12-22-14-18/h3-5,7-9,11,13,16,18,20,22H,6,10,12,14-15H2,1-2H3/t18-,20?/m0/s1. The minimum Gasteiger partial charge on any atom is -0.480 e. The van der Waals surface area contributed by atoms with Gasteiger partial charge in [0.15, 0.2) is 5.75 Å². The van der Waals surface area contributed by atoms with Gasteiger partial charge < -0.3 is 14.8 Å². The van der Waals surface area contributed by atoms with Gasteiger partial charge in [0.25, 0.3) is 5.88 Å². The molecule has 1 fully saturated rings. The van der Waals surface area contributed by atoms with Crippen LogP contribution in [0, 0.1) is 11.8 Å². The first kappa shape index (κ1) is 17.7. The van der Waals surface area contributed by atoms with E-state index in [0.29, 0.717) is 24.3 Å². The van der Waals surface area contributed by atoms with Crippen molar-refractivity contribution in [1.29, 1.82) is 0 Å². The van der Waals surface area contributed by atoms with Crippen LogP contribution in [0.5, 0.6) is 11.6 Å². The zero-order valence-corrected chi connectivity index (χ0v) is 15.2. The van der Waals surface area contributed by atoms with E-state index < -0.39 is 0 Å². The largest absolute Gasteiger partial charge is 0.480 e. The summed E-state index contributed by atoms with van der Waals surface area (Å²) in [5, 5.41) is 3.50. The number of benzene rings is 1. The Kier molecular flexibility index (Phi) is 6.29. The van der Waals surface area contributed by atoms with Gasteiger partial charge in [-0.3, -0.25) is 0 Å². The van der Waals surface area contributed by atoms with Crippen molar-refractivity contribution in [3.63, 3.8) is 0 Å². The highest BCUT2D eigenvalue weighted by Gasteiger charge is 2.27. The molecule has 1 unspecified atom stereocenters. The van der Waals surface area contributed by atoms with Crippen LogP contribution >= 0.6 is 0 Å². The number of rotatable bonds is 7. The molecule has 0 radical (unpaired) electrons. The zero-order valence-electron chi connectivity index (χ0n) is 15.2. The summed E-state index contributed by atoms with van der Waals surface area (Å²) in [7, 11) is 0. The van der Waals surface area contributed by atoms with E-state index in [4.69, 9.17) is 9.47 Å². The van der Waals surface area contributed by atoms with Gasteiger partial charge in [0, 0.05) is 18.7 Å². The van der Waals surface area contributed by atoms with Crippen LogP contribution in [0.1, 0.15) is 38.4 Å². The van der Waals surface area contributed by atoms with Gasteiger partial charge in [-0.15, -0.1) is 0 Å². The smallest absolute Gasteiger partial charge is 0.257 e. The molecule has 0 spiro atoms. The van der Waals surface area contributed by atoms with Crippen molar-refractivity contribution in [2.75, 3.05) is 19.7 Å². The number of pyridine rings is 1. The van der Waals surface area contributed by atoms with Crippen molar-refractivity contribution >= 4 is 0 Å². The Bertz CT molecular complexity index is 639. The molecule has 2 atom stereocenters. The lowest BCUT2D eigenvalue weighted by atomic mass is 9.89. The van der Waals surface area contributed by atoms with Crippen LogP contribution < -0.4 is 14.8 Å². The summed E-state index contributed by atoms with van der Waals surface area (Å²) in [6.07, 6.45) is 4.10. The zero-order chi connectivity index (χ0) is 17.5. The van der Waals surface area contributed by atoms with Crippen molar-refractivity contribution in [3.05, 3.63) is 54.2 Å². The third kappa shape index (κ3) is 4.95. The number of ether oxygens (including phenoxy) is 2. The Hall–Kier alpha value is -2.07. The molecule has 2 heterocycles. The molecule has 1 aliphatic heterocycles. The summed E-state index contributed by atoms with van der Waals surface area (Å²) in [6.45, 7) is 6.96. The molecule has 1 aromatic carbocycles. The molecule has 1 aliphatic rings. The number of piperidine rings is 1. The molecule has 25 heavy (non-hydrogen) atoms. The molecule has 4 heteroatoms. The van der Waals surface area contributed by atoms with Crippen molar-refractivity contribution < 1.29 is 9.47 Å². The Morgan fingerprint density at radius 3 is 2.72 bits per heavy atom. The van der Waals surface area contributed by atoms with E-state index >= 15 is 0 Å². The Morgan fingerprint density at radius 2 is 2.00 bits per heavy atom. The van der Waals surface area contributed by atoms with Gasteiger partial charge in [-0.2, -0.15) is 0 Å². The fourth-order valence-electron chi connectivity index (χ4n) is 3.17. The van der Waals surface area contributed by atoms with Crippen LogP contribution in [-0.4, -0.2) is 24.7 Å². The molecule has 1 saturated heterocycles. The second-order valence-corrected chi connectivity index (χ2v) is 7.07. The molecule has 2 aromatic rings. The highest BCUT2D eigenvalue weighted by Crippen LogP contribution is 2.35.